The smallest absolute Gasteiger partial charge is 0.317 e. The van der Waals surface area contributed by atoms with E-state index < -0.39 is 0 Å². The highest BCUT2D eigenvalue weighted by Gasteiger charge is 2.24. The lowest BCUT2D eigenvalue weighted by atomic mass is 10.00. The van der Waals surface area contributed by atoms with Crippen molar-refractivity contribution < 1.29 is 4.79 Å². The molecule has 7 heteroatoms. The van der Waals surface area contributed by atoms with Gasteiger partial charge in [-0.1, -0.05) is 6.92 Å². The molecule has 0 aliphatic carbocycles. The number of aromatic nitrogens is 2. The minimum atomic E-state index is 0.0474. The van der Waals surface area contributed by atoms with Gasteiger partial charge in [0.05, 0.1) is 0 Å². The summed E-state index contributed by atoms with van der Waals surface area (Å²) in [5.74, 6) is 1.51. The minimum absolute atomic E-state index is 0.0474. The summed E-state index contributed by atoms with van der Waals surface area (Å²) < 4.78 is 0. The maximum Gasteiger partial charge on any atom is 0.317 e. The molecule has 0 aromatic carbocycles. The highest BCUT2D eigenvalue weighted by Crippen LogP contribution is 2.15. The molecular weight excluding hydrogens is 316 g/mol. The summed E-state index contributed by atoms with van der Waals surface area (Å²) >= 11 is 0. The zero-order chi connectivity index (χ0) is 17.6. The molecule has 2 aliphatic rings. The average Bonchev–Trinajstić information content (AvgIpc) is 2.62. The number of carbonyl (C=O) groups excluding carboxylic acids is 1. The van der Waals surface area contributed by atoms with Crippen molar-refractivity contribution in [2.45, 2.75) is 32.7 Å². The Balaban J connectivity index is 1.41. The van der Waals surface area contributed by atoms with Crippen molar-refractivity contribution in [1.82, 2.24) is 25.1 Å². The number of hydrogen-bond donors (Lipinski definition) is 1. The Hall–Kier alpha value is -1.89. The molecular formula is C18H30N6O. The second-order valence-corrected chi connectivity index (χ2v) is 7.38. The molecule has 2 atom stereocenters. The zero-order valence-corrected chi connectivity index (χ0v) is 15.4. The van der Waals surface area contributed by atoms with Crippen molar-refractivity contribution in [3.8, 4) is 0 Å². The number of likely N-dealkylation sites (tertiary alicyclic amines) is 1. The van der Waals surface area contributed by atoms with Crippen molar-refractivity contribution in [2.75, 3.05) is 50.7 Å². The van der Waals surface area contributed by atoms with Gasteiger partial charge in [-0.15, -0.1) is 0 Å². The Bertz CT molecular complexity index is 546. The number of nitrogens with zero attached hydrogens (tertiary/aromatic N) is 5. The van der Waals surface area contributed by atoms with Gasteiger partial charge in [0.25, 0.3) is 0 Å². The Morgan fingerprint density at radius 1 is 1.24 bits per heavy atom. The minimum Gasteiger partial charge on any atom is -0.337 e. The Kier molecular flexibility index (Phi) is 6.07. The third kappa shape index (κ3) is 5.04. The van der Waals surface area contributed by atoms with Gasteiger partial charge in [0.1, 0.15) is 0 Å². The number of piperidine rings is 1. The van der Waals surface area contributed by atoms with Crippen molar-refractivity contribution in [2.24, 2.45) is 5.92 Å². The first-order valence-corrected chi connectivity index (χ1v) is 9.41. The van der Waals surface area contributed by atoms with Gasteiger partial charge in [0, 0.05) is 57.7 Å². The van der Waals surface area contributed by atoms with Crippen LogP contribution in [0.4, 0.5) is 10.7 Å². The van der Waals surface area contributed by atoms with Gasteiger partial charge in [0.15, 0.2) is 0 Å². The van der Waals surface area contributed by atoms with E-state index in [9.17, 15) is 4.79 Å². The summed E-state index contributed by atoms with van der Waals surface area (Å²) in [5.41, 5.74) is 0. The number of carbonyl (C=O) groups is 1. The number of hydrogen-bond acceptors (Lipinski definition) is 5. The van der Waals surface area contributed by atoms with Gasteiger partial charge in [-0.05, 0) is 38.3 Å². The summed E-state index contributed by atoms with van der Waals surface area (Å²) in [4.78, 5) is 27.6. The predicted octanol–water partition coefficient (Wildman–Crippen LogP) is 1.43. The SMILES string of the molecule is C[C@@H]1CCCN(C[C@H](C)NC(=O)N2CCN(c3ncccn3)CC2)C1. The molecule has 1 aromatic heterocycles. The van der Waals surface area contributed by atoms with Crippen molar-refractivity contribution >= 4 is 12.0 Å². The summed E-state index contributed by atoms with van der Waals surface area (Å²) in [6.07, 6.45) is 6.10. The summed E-state index contributed by atoms with van der Waals surface area (Å²) in [6, 6.07) is 2.04. The maximum atomic E-state index is 12.5. The molecule has 2 saturated heterocycles. The van der Waals surface area contributed by atoms with Gasteiger partial charge in [0.2, 0.25) is 5.95 Å². The summed E-state index contributed by atoms with van der Waals surface area (Å²) in [6.45, 7) is 10.6. The molecule has 0 bridgehead atoms. The fourth-order valence-corrected chi connectivity index (χ4v) is 3.75. The van der Waals surface area contributed by atoms with Gasteiger partial charge >= 0.3 is 6.03 Å². The van der Waals surface area contributed by atoms with E-state index in [2.05, 4.69) is 38.9 Å². The van der Waals surface area contributed by atoms with E-state index in [0.717, 1.165) is 44.6 Å². The van der Waals surface area contributed by atoms with Crippen LogP contribution >= 0.6 is 0 Å². The van der Waals surface area contributed by atoms with Crippen LogP contribution in [-0.2, 0) is 0 Å². The molecule has 3 rings (SSSR count). The first kappa shape index (κ1) is 17.9. The van der Waals surface area contributed by atoms with Crippen LogP contribution in [-0.4, -0.2) is 77.7 Å². The highest BCUT2D eigenvalue weighted by atomic mass is 16.2. The molecule has 0 spiro atoms. The number of rotatable bonds is 4. The van der Waals surface area contributed by atoms with Crippen LogP contribution in [0.15, 0.2) is 18.5 Å². The lowest BCUT2D eigenvalue weighted by molar-refractivity contribution is 0.160. The molecule has 2 amide bonds. The predicted molar refractivity (Wildman–Crippen MR) is 98.6 cm³/mol. The zero-order valence-electron chi connectivity index (χ0n) is 15.4. The lowest BCUT2D eigenvalue weighted by Gasteiger charge is -2.36. The summed E-state index contributed by atoms with van der Waals surface area (Å²) in [7, 11) is 0. The van der Waals surface area contributed by atoms with Gasteiger partial charge in [-0.2, -0.15) is 0 Å². The molecule has 0 unspecified atom stereocenters. The standard InChI is InChI=1S/C18H30N6O/c1-15-5-3-8-22(13-15)14-16(2)21-18(25)24-11-9-23(10-12-24)17-19-6-4-7-20-17/h4,6-7,15-16H,3,5,8-14H2,1-2H3,(H,21,25)/t15-,16+/m1/s1. The van der Waals surface area contributed by atoms with Crippen LogP contribution in [0.25, 0.3) is 0 Å². The number of piperazine rings is 1. The topological polar surface area (TPSA) is 64.6 Å². The molecule has 0 saturated carbocycles. The Morgan fingerprint density at radius 2 is 1.96 bits per heavy atom. The highest BCUT2D eigenvalue weighted by molar-refractivity contribution is 5.74. The van der Waals surface area contributed by atoms with Crippen LogP contribution in [0.2, 0.25) is 0 Å². The first-order chi connectivity index (χ1) is 12.1. The number of anilines is 1. The monoisotopic (exact) mass is 346 g/mol. The molecule has 3 heterocycles. The fraction of sp³-hybridized carbons (Fsp3) is 0.722. The average molecular weight is 346 g/mol. The fourth-order valence-electron chi connectivity index (χ4n) is 3.75. The molecule has 0 radical (unpaired) electrons. The van der Waals surface area contributed by atoms with Crippen LogP contribution in [0.1, 0.15) is 26.7 Å². The van der Waals surface area contributed by atoms with Crippen molar-refractivity contribution in [3.63, 3.8) is 0 Å². The second-order valence-electron chi connectivity index (χ2n) is 7.38. The third-order valence-corrected chi connectivity index (χ3v) is 5.04. The molecule has 1 N–H and O–H groups in total. The van der Waals surface area contributed by atoms with Gasteiger partial charge < -0.3 is 20.0 Å². The van der Waals surface area contributed by atoms with Crippen molar-refractivity contribution in [3.05, 3.63) is 18.5 Å². The lowest BCUT2D eigenvalue weighted by Crippen LogP contribution is -2.55. The van der Waals surface area contributed by atoms with Crippen LogP contribution in [0.5, 0.6) is 0 Å². The third-order valence-electron chi connectivity index (χ3n) is 5.04. The van der Waals surface area contributed by atoms with Crippen molar-refractivity contribution in [1.29, 1.82) is 0 Å². The molecule has 2 aliphatic heterocycles. The van der Waals surface area contributed by atoms with E-state index in [1.165, 1.54) is 12.8 Å². The van der Waals surface area contributed by atoms with E-state index in [4.69, 9.17) is 0 Å². The molecule has 1 aromatic rings. The Morgan fingerprint density at radius 3 is 2.64 bits per heavy atom. The molecule has 25 heavy (non-hydrogen) atoms. The second kappa shape index (κ2) is 8.47. The molecule has 138 valence electrons. The van der Waals surface area contributed by atoms with E-state index in [1.54, 1.807) is 12.4 Å². The van der Waals surface area contributed by atoms with Gasteiger partial charge in [-0.25, -0.2) is 14.8 Å². The molecule has 7 nitrogen and oxygen atoms in total. The van der Waals surface area contributed by atoms with E-state index in [1.807, 2.05) is 11.0 Å². The van der Waals surface area contributed by atoms with E-state index in [-0.39, 0.29) is 12.1 Å². The van der Waals surface area contributed by atoms with Crippen LogP contribution in [0.3, 0.4) is 0 Å². The van der Waals surface area contributed by atoms with Crippen LogP contribution in [0, 0.1) is 5.92 Å². The van der Waals surface area contributed by atoms with E-state index in [0.29, 0.717) is 13.1 Å². The van der Waals surface area contributed by atoms with E-state index >= 15 is 0 Å². The largest absolute Gasteiger partial charge is 0.337 e. The maximum absolute atomic E-state index is 12.5. The molecule has 2 fully saturated rings. The normalized spacial score (nSPS) is 23.4. The number of urea groups is 1. The Labute approximate surface area is 150 Å². The summed E-state index contributed by atoms with van der Waals surface area (Å²) in [5, 5.41) is 3.16. The first-order valence-electron chi connectivity index (χ1n) is 9.41. The number of nitrogens with one attached hydrogen (secondary N) is 1. The number of amides is 2. The quantitative estimate of drug-likeness (QED) is 0.893. The van der Waals surface area contributed by atoms with Gasteiger partial charge in [-0.3, -0.25) is 0 Å². The van der Waals surface area contributed by atoms with Crippen LogP contribution < -0.4 is 10.2 Å².